The number of rotatable bonds is 4. The molecule has 0 unspecified atom stereocenters. The average molecular weight is 273 g/mol. The number of para-hydroxylation sites is 1. The molecular formula is C15H16FN3O. The van der Waals surface area contributed by atoms with Gasteiger partial charge in [0.15, 0.2) is 0 Å². The normalized spacial score (nSPS) is 10.6. The van der Waals surface area contributed by atoms with E-state index in [1.807, 2.05) is 43.3 Å². The Morgan fingerprint density at radius 3 is 2.65 bits per heavy atom. The molecule has 0 saturated heterocycles. The number of anilines is 1. The van der Waals surface area contributed by atoms with Crippen LogP contribution >= 0.6 is 0 Å². The predicted octanol–water partition coefficient (Wildman–Crippen LogP) is 2.53. The molecule has 0 spiro atoms. The number of carbonyl (C=O) groups is 1. The van der Waals surface area contributed by atoms with Gasteiger partial charge in [-0.1, -0.05) is 18.2 Å². The molecule has 0 radical (unpaired) electrons. The third-order valence-electron chi connectivity index (χ3n) is 2.74. The lowest BCUT2D eigenvalue weighted by Crippen LogP contribution is -2.16. The van der Waals surface area contributed by atoms with E-state index in [2.05, 4.69) is 10.3 Å². The van der Waals surface area contributed by atoms with E-state index in [4.69, 9.17) is 0 Å². The van der Waals surface area contributed by atoms with Crippen LogP contribution in [0.2, 0.25) is 0 Å². The fraction of sp³-hybridized carbons (Fsp3) is 0.200. The third kappa shape index (κ3) is 3.61. The lowest BCUT2D eigenvalue weighted by atomic mass is 10.1. The van der Waals surface area contributed by atoms with Crippen molar-refractivity contribution in [3.05, 3.63) is 59.7 Å². The summed E-state index contributed by atoms with van der Waals surface area (Å²) < 4.78 is 12.7. The maximum atomic E-state index is 12.7. The molecular weight excluding hydrogens is 257 g/mol. The average Bonchev–Trinajstić information content (AvgIpc) is 2.41. The topological polar surface area (TPSA) is 45.2 Å². The van der Waals surface area contributed by atoms with Gasteiger partial charge in [-0.05, 0) is 37.9 Å². The number of carbonyl (C=O) groups excluding carboxylic acids is 1. The first-order chi connectivity index (χ1) is 9.56. The Balaban J connectivity index is 2.17. The van der Waals surface area contributed by atoms with Gasteiger partial charge in [-0.2, -0.15) is 4.39 Å². The van der Waals surface area contributed by atoms with Crippen molar-refractivity contribution in [2.24, 2.45) is 0 Å². The van der Waals surface area contributed by atoms with Gasteiger partial charge in [-0.3, -0.25) is 4.79 Å². The minimum Gasteiger partial charge on any atom is -0.322 e. The summed E-state index contributed by atoms with van der Waals surface area (Å²) in [4.78, 5) is 17.6. The highest BCUT2D eigenvalue weighted by Gasteiger charge is 2.09. The number of nitrogens with one attached hydrogen (secondary N) is 1. The number of halogens is 1. The summed E-state index contributed by atoms with van der Waals surface area (Å²) in [6.07, 6.45) is 1.22. The highest BCUT2D eigenvalue weighted by molar-refractivity contribution is 6.04. The minimum absolute atomic E-state index is 0.302. The zero-order valence-electron chi connectivity index (χ0n) is 11.4. The van der Waals surface area contributed by atoms with Gasteiger partial charge in [0.1, 0.15) is 0 Å². The van der Waals surface area contributed by atoms with E-state index in [1.165, 1.54) is 18.3 Å². The fourth-order valence-corrected chi connectivity index (χ4v) is 1.83. The monoisotopic (exact) mass is 273 g/mol. The van der Waals surface area contributed by atoms with Crippen LogP contribution in [0.5, 0.6) is 0 Å². The molecule has 0 aliphatic carbocycles. The van der Waals surface area contributed by atoms with Crippen molar-refractivity contribution in [3.8, 4) is 0 Å². The van der Waals surface area contributed by atoms with Crippen LogP contribution in [0.15, 0.2) is 42.6 Å². The SMILES string of the molecule is CN(C)Cc1ccccc1NC(=O)c1ccc(F)nc1. The van der Waals surface area contributed by atoms with Crippen LogP contribution in [0.4, 0.5) is 10.1 Å². The van der Waals surface area contributed by atoms with E-state index < -0.39 is 5.95 Å². The highest BCUT2D eigenvalue weighted by atomic mass is 19.1. The quantitative estimate of drug-likeness (QED) is 0.871. The molecule has 2 rings (SSSR count). The maximum Gasteiger partial charge on any atom is 0.257 e. The fourth-order valence-electron chi connectivity index (χ4n) is 1.83. The van der Waals surface area contributed by atoms with Crippen molar-refractivity contribution in [2.45, 2.75) is 6.54 Å². The molecule has 1 aromatic carbocycles. The number of hydrogen-bond donors (Lipinski definition) is 1. The second kappa shape index (κ2) is 6.25. The summed E-state index contributed by atoms with van der Waals surface area (Å²) in [6, 6.07) is 10.2. The first-order valence-electron chi connectivity index (χ1n) is 6.22. The van der Waals surface area contributed by atoms with E-state index in [-0.39, 0.29) is 5.91 Å². The van der Waals surface area contributed by atoms with Crippen molar-refractivity contribution in [2.75, 3.05) is 19.4 Å². The number of benzene rings is 1. The molecule has 0 aliphatic rings. The van der Waals surface area contributed by atoms with Crippen molar-refractivity contribution in [1.29, 1.82) is 0 Å². The Hall–Kier alpha value is -2.27. The Kier molecular flexibility index (Phi) is 4.42. The van der Waals surface area contributed by atoms with Crippen LogP contribution in [-0.2, 0) is 6.54 Å². The van der Waals surface area contributed by atoms with Gasteiger partial charge in [0, 0.05) is 18.4 Å². The minimum atomic E-state index is -0.602. The van der Waals surface area contributed by atoms with Crippen LogP contribution < -0.4 is 5.32 Å². The molecule has 4 nitrogen and oxygen atoms in total. The van der Waals surface area contributed by atoms with Crippen molar-refractivity contribution < 1.29 is 9.18 Å². The highest BCUT2D eigenvalue weighted by Crippen LogP contribution is 2.17. The summed E-state index contributed by atoms with van der Waals surface area (Å²) in [5, 5.41) is 2.82. The number of nitrogens with zero attached hydrogens (tertiary/aromatic N) is 2. The van der Waals surface area contributed by atoms with Gasteiger partial charge < -0.3 is 10.2 Å². The molecule has 0 fully saturated rings. The van der Waals surface area contributed by atoms with Crippen LogP contribution in [0.25, 0.3) is 0 Å². The van der Waals surface area contributed by atoms with Crippen LogP contribution in [0, 0.1) is 5.95 Å². The standard InChI is InChI=1S/C15H16FN3O/c1-19(2)10-12-5-3-4-6-13(12)18-15(20)11-7-8-14(16)17-9-11/h3-9H,10H2,1-2H3,(H,18,20). The summed E-state index contributed by atoms with van der Waals surface area (Å²) >= 11 is 0. The molecule has 0 atom stereocenters. The molecule has 1 N–H and O–H groups in total. The maximum absolute atomic E-state index is 12.7. The van der Waals surface area contributed by atoms with E-state index in [0.717, 1.165) is 17.8 Å². The summed E-state index contributed by atoms with van der Waals surface area (Å²) in [6.45, 7) is 0.720. The van der Waals surface area contributed by atoms with E-state index in [0.29, 0.717) is 5.56 Å². The molecule has 2 aromatic rings. The number of pyridine rings is 1. The molecule has 0 saturated carbocycles. The molecule has 104 valence electrons. The van der Waals surface area contributed by atoms with Gasteiger partial charge in [-0.25, -0.2) is 4.98 Å². The molecule has 0 bridgehead atoms. The van der Waals surface area contributed by atoms with Gasteiger partial charge in [0.2, 0.25) is 5.95 Å². The van der Waals surface area contributed by atoms with Gasteiger partial charge >= 0.3 is 0 Å². The van der Waals surface area contributed by atoms with E-state index in [9.17, 15) is 9.18 Å². The summed E-state index contributed by atoms with van der Waals surface area (Å²) in [5.41, 5.74) is 2.09. The Morgan fingerprint density at radius 2 is 2.00 bits per heavy atom. The lowest BCUT2D eigenvalue weighted by Gasteiger charge is -2.14. The van der Waals surface area contributed by atoms with Gasteiger partial charge in [0.25, 0.3) is 5.91 Å². The second-order valence-electron chi connectivity index (χ2n) is 4.72. The van der Waals surface area contributed by atoms with Gasteiger partial charge in [-0.15, -0.1) is 0 Å². The van der Waals surface area contributed by atoms with Crippen molar-refractivity contribution in [3.63, 3.8) is 0 Å². The third-order valence-corrected chi connectivity index (χ3v) is 2.74. The molecule has 1 heterocycles. The predicted molar refractivity (Wildman–Crippen MR) is 76.0 cm³/mol. The number of amides is 1. The Bertz CT molecular complexity index is 596. The lowest BCUT2D eigenvalue weighted by molar-refractivity contribution is 0.102. The molecule has 0 aliphatic heterocycles. The summed E-state index contributed by atoms with van der Waals surface area (Å²) in [5.74, 6) is -0.904. The van der Waals surface area contributed by atoms with Crippen molar-refractivity contribution in [1.82, 2.24) is 9.88 Å². The number of hydrogen-bond acceptors (Lipinski definition) is 3. The van der Waals surface area contributed by atoms with E-state index in [1.54, 1.807) is 0 Å². The van der Waals surface area contributed by atoms with Crippen LogP contribution in [0.1, 0.15) is 15.9 Å². The number of aromatic nitrogens is 1. The Labute approximate surface area is 117 Å². The van der Waals surface area contributed by atoms with Crippen molar-refractivity contribution >= 4 is 11.6 Å². The second-order valence-corrected chi connectivity index (χ2v) is 4.72. The largest absolute Gasteiger partial charge is 0.322 e. The molecule has 1 amide bonds. The Morgan fingerprint density at radius 1 is 1.25 bits per heavy atom. The van der Waals surface area contributed by atoms with E-state index >= 15 is 0 Å². The zero-order valence-corrected chi connectivity index (χ0v) is 11.4. The van der Waals surface area contributed by atoms with Gasteiger partial charge in [0.05, 0.1) is 5.56 Å². The summed E-state index contributed by atoms with van der Waals surface area (Å²) in [7, 11) is 3.92. The molecule has 20 heavy (non-hydrogen) atoms. The first-order valence-corrected chi connectivity index (χ1v) is 6.22. The smallest absolute Gasteiger partial charge is 0.257 e. The van der Waals surface area contributed by atoms with Crippen LogP contribution in [-0.4, -0.2) is 29.9 Å². The zero-order chi connectivity index (χ0) is 14.5. The first kappa shape index (κ1) is 14.1. The molecule has 5 heteroatoms. The van der Waals surface area contributed by atoms with Crippen LogP contribution in [0.3, 0.4) is 0 Å². The molecule has 1 aromatic heterocycles.